The summed E-state index contributed by atoms with van der Waals surface area (Å²) in [5.74, 6) is -0.618. The highest BCUT2D eigenvalue weighted by Gasteiger charge is 2.25. The number of nitrogens with one attached hydrogen (secondary N) is 1. The lowest BCUT2D eigenvalue weighted by atomic mass is 10.1. The molecule has 3 rings (SSSR count). The molecule has 120 valence electrons. The third-order valence-corrected chi connectivity index (χ3v) is 3.96. The monoisotopic (exact) mass is 314 g/mol. The van der Waals surface area contributed by atoms with Crippen LogP contribution in [-0.2, 0) is 11.3 Å². The molecule has 1 aliphatic heterocycles. The quantitative estimate of drug-likeness (QED) is 0.864. The lowest BCUT2D eigenvalue weighted by molar-refractivity contribution is -0.123. The maximum absolute atomic E-state index is 12.7. The molecule has 0 spiro atoms. The molecular weight excluding hydrogens is 296 g/mol. The highest BCUT2D eigenvalue weighted by atomic mass is 16.2. The summed E-state index contributed by atoms with van der Waals surface area (Å²) in [6.07, 6.45) is 1.55. The molecule has 0 radical (unpaired) electrons. The molecule has 1 N–H and O–H groups in total. The molecule has 0 atom stereocenters. The molecule has 7 nitrogen and oxygen atoms in total. The van der Waals surface area contributed by atoms with Gasteiger partial charge < -0.3 is 14.8 Å². The van der Waals surface area contributed by atoms with Gasteiger partial charge in [-0.1, -0.05) is 0 Å². The van der Waals surface area contributed by atoms with E-state index in [0.717, 1.165) is 5.69 Å². The van der Waals surface area contributed by atoms with Gasteiger partial charge >= 0.3 is 0 Å². The molecule has 0 aromatic carbocycles. The maximum Gasteiger partial charge on any atom is 0.259 e. The van der Waals surface area contributed by atoms with Crippen molar-refractivity contribution in [3.05, 3.63) is 39.8 Å². The van der Waals surface area contributed by atoms with Crippen molar-refractivity contribution in [3.63, 3.8) is 0 Å². The first kappa shape index (κ1) is 15.2. The summed E-state index contributed by atoms with van der Waals surface area (Å²) in [6.45, 7) is 5.16. The van der Waals surface area contributed by atoms with E-state index in [0.29, 0.717) is 30.7 Å². The second-order valence-corrected chi connectivity index (χ2v) is 5.56. The first-order chi connectivity index (χ1) is 11.0. The molecule has 7 heteroatoms. The third kappa shape index (κ3) is 2.69. The summed E-state index contributed by atoms with van der Waals surface area (Å²) in [5.41, 5.74) is 1.13. The van der Waals surface area contributed by atoms with E-state index < -0.39 is 5.91 Å². The fourth-order valence-corrected chi connectivity index (χ4v) is 2.74. The number of amides is 2. The van der Waals surface area contributed by atoms with Gasteiger partial charge in [0.2, 0.25) is 11.3 Å². The molecule has 0 bridgehead atoms. The number of fused-ring (bicyclic) bond motifs is 1. The first-order valence-electron chi connectivity index (χ1n) is 7.58. The molecule has 23 heavy (non-hydrogen) atoms. The minimum Gasteiger partial charge on any atom is -0.353 e. The number of hydrogen-bond donors (Lipinski definition) is 1. The van der Waals surface area contributed by atoms with Gasteiger partial charge in [-0.15, -0.1) is 0 Å². The van der Waals surface area contributed by atoms with Crippen LogP contribution < -0.4 is 10.7 Å². The molecule has 2 aromatic rings. The largest absolute Gasteiger partial charge is 0.353 e. The zero-order chi connectivity index (χ0) is 16.6. The van der Waals surface area contributed by atoms with Gasteiger partial charge in [0.05, 0.1) is 11.9 Å². The van der Waals surface area contributed by atoms with Crippen molar-refractivity contribution in [3.8, 4) is 0 Å². The van der Waals surface area contributed by atoms with Crippen LogP contribution in [0.2, 0.25) is 0 Å². The van der Waals surface area contributed by atoms with Crippen molar-refractivity contribution in [2.45, 2.75) is 20.4 Å². The summed E-state index contributed by atoms with van der Waals surface area (Å²) >= 11 is 0. The molecule has 1 fully saturated rings. The number of nitrogens with zero attached hydrogens (tertiary/aromatic N) is 3. The van der Waals surface area contributed by atoms with Crippen LogP contribution in [0.5, 0.6) is 0 Å². The fraction of sp³-hybridized carbons (Fsp3) is 0.375. The van der Waals surface area contributed by atoms with Gasteiger partial charge in [0.15, 0.2) is 0 Å². The Morgan fingerprint density at radius 3 is 2.83 bits per heavy atom. The van der Waals surface area contributed by atoms with Gasteiger partial charge in [-0.05, 0) is 26.0 Å². The van der Waals surface area contributed by atoms with Crippen molar-refractivity contribution >= 4 is 22.8 Å². The number of carbonyl (C=O) groups is 2. The van der Waals surface area contributed by atoms with Crippen molar-refractivity contribution < 1.29 is 9.59 Å². The molecule has 0 aliphatic carbocycles. The summed E-state index contributed by atoms with van der Waals surface area (Å²) in [6, 6.07) is 3.46. The first-order valence-corrected chi connectivity index (χ1v) is 7.58. The van der Waals surface area contributed by atoms with Crippen LogP contribution >= 0.6 is 0 Å². The van der Waals surface area contributed by atoms with E-state index in [1.165, 1.54) is 4.90 Å². The van der Waals surface area contributed by atoms with Crippen LogP contribution in [0.3, 0.4) is 0 Å². The van der Waals surface area contributed by atoms with Crippen molar-refractivity contribution in [2.75, 3.05) is 19.6 Å². The Morgan fingerprint density at radius 2 is 2.13 bits per heavy atom. The van der Waals surface area contributed by atoms with Crippen LogP contribution in [-0.4, -0.2) is 45.9 Å². The second kappa shape index (κ2) is 5.83. The molecular formula is C16H18N4O3. The fourth-order valence-electron chi connectivity index (χ4n) is 2.74. The van der Waals surface area contributed by atoms with Gasteiger partial charge in [0, 0.05) is 31.5 Å². The minimum absolute atomic E-state index is 0.0193. The summed E-state index contributed by atoms with van der Waals surface area (Å²) in [4.78, 5) is 42.6. The number of pyridine rings is 2. The number of hydrogen-bond acceptors (Lipinski definition) is 4. The predicted octanol–water partition coefficient (Wildman–Crippen LogP) is 0.297. The summed E-state index contributed by atoms with van der Waals surface area (Å²) in [7, 11) is 0. The van der Waals surface area contributed by atoms with Gasteiger partial charge in [0.1, 0.15) is 11.2 Å². The topological polar surface area (TPSA) is 84.3 Å². The molecule has 1 saturated heterocycles. The van der Waals surface area contributed by atoms with Crippen LogP contribution in [0.4, 0.5) is 0 Å². The van der Waals surface area contributed by atoms with Crippen LogP contribution in [0.25, 0.3) is 11.0 Å². The zero-order valence-electron chi connectivity index (χ0n) is 13.1. The molecule has 1 aliphatic rings. The Labute approximate surface area is 132 Å². The van der Waals surface area contributed by atoms with Crippen LogP contribution in [0, 0.1) is 6.92 Å². The van der Waals surface area contributed by atoms with E-state index in [2.05, 4.69) is 10.3 Å². The van der Waals surface area contributed by atoms with Gasteiger partial charge in [0.25, 0.3) is 5.91 Å². The smallest absolute Gasteiger partial charge is 0.259 e. The Kier molecular flexibility index (Phi) is 3.85. The SMILES string of the molecule is CCn1cc(C(=O)N2CCNC(=O)C2)c(=O)c2ccc(C)nc21. The van der Waals surface area contributed by atoms with E-state index in [9.17, 15) is 14.4 Å². The second-order valence-electron chi connectivity index (χ2n) is 5.56. The molecule has 0 saturated carbocycles. The van der Waals surface area contributed by atoms with E-state index in [4.69, 9.17) is 0 Å². The van der Waals surface area contributed by atoms with Gasteiger partial charge in [-0.3, -0.25) is 14.4 Å². The van der Waals surface area contributed by atoms with Gasteiger partial charge in [-0.25, -0.2) is 4.98 Å². The average molecular weight is 314 g/mol. The number of carbonyl (C=O) groups excluding carboxylic acids is 2. The van der Waals surface area contributed by atoms with Crippen molar-refractivity contribution in [1.29, 1.82) is 0 Å². The Bertz CT molecular complexity index is 856. The highest BCUT2D eigenvalue weighted by Crippen LogP contribution is 2.12. The van der Waals surface area contributed by atoms with Crippen molar-refractivity contribution in [2.24, 2.45) is 0 Å². The van der Waals surface area contributed by atoms with E-state index in [1.807, 2.05) is 13.8 Å². The predicted molar refractivity (Wildman–Crippen MR) is 85.3 cm³/mol. The highest BCUT2D eigenvalue weighted by molar-refractivity contribution is 5.99. The van der Waals surface area contributed by atoms with E-state index >= 15 is 0 Å². The van der Waals surface area contributed by atoms with Crippen LogP contribution in [0.15, 0.2) is 23.1 Å². The average Bonchev–Trinajstić information content (AvgIpc) is 2.54. The lowest BCUT2D eigenvalue weighted by Crippen LogP contribution is -2.50. The Morgan fingerprint density at radius 1 is 1.35 bits per heavy atom. The number of piperazine rings is 1. The zero-order valence-corrected chi connectivity index (χ0v) is 13.1. The summed E-state index contributed by atoms with van der Waals surface area (Å²) < 4.78 is 1.79. The Hall–Kier alpha value is -2.70. The van der Waals surface area contributed by atoms with Crippen molar-refractivity contribution in [1.82, 2.24) is 19.8 Å². The molecule has 2 aromatic heterocycles. The van der Waals surface area contributed by atoms with Crippen LogP contribution in [0.1, 0.15) is 23.0 Å². The summed E-state index contributed by atoms with van der Waals surface area (Å²) in [5, 5.41) is 3.09. The van der Waals surface area contributed by atoms with Gasteiger partial charge in [-0.2, -0.15) is 0 Å². The Balaban J connectivity index is 2.12. The normalized spacial score (nSPS) is 14.9. The lowest BCUT2D eigenvalue weighted by Gasteiger charge is -2.26. The molecule has 0 unspecified atom stereocenters. The van der Waals surface area contributed by atoms with E-state index in [1.54, 1.807) is 22.9 Å². The maximum atomic E-state index is 12.7. The third-order valence-electron chi connectivity index (χ3n) is 3.96. The minimum atomic E-state index is -0.408. The number of aryl methyl sites for hydroxylation is 2. The molecule has 3 heterocycles. The number of aromatic nitrogens is 2. The number of rotatable bonds is 2. The van der Waals surface area contributed by atoms with E-state index in [-0.39, 0.29) is 23.4 Å². The molecule has 2 amide bonds. The standard InChI is InChI=1S/C16H18N4O3/c1-3-19-8-12(16(23)20-7-6-17-13(21)9-20)14(22)11-5-4-10(2)18-15(11)19/h4-5,8H,3,6-7,9H2,1-2H3,(H,17,21).